The second-order valence-electron chi connectivity index (χ2n) is 6.20. The van der Waals surface area contributed by atoms with Crippen LogP contribution in [0.5, 0.6) is 0 Å². The maximum atomic E-state index is 13.0. The smallest absolute Gasteiger partial charge is 0.243 e. The highest BCUT2D eigenvalue weighted by atomic mass is 35.5. The molecule has 1 amide bonds. The van der Waals surface area contributed by atoms with E-state index in [1.54, 1.807) is 6.92 Å². The summed E-state index contributed by atoms with van der Waals surface area (Å²) in [5.74, 6) is -0.167. The Bertz CT molecular complexity index is 777. The first kappa shape index (κ1) is 22.4. The Balaban J connectivity index is 0.00000338. The number of carbonyl (C=O) groups is 1. The number of halogens is 1. The predicted octanol–water partition coefficient (Wildman–Crippen LogP) is 1.30. The van der Waals surface area contributed by atoms with Crippen LogP contribution in [0.4, 0.5) is 0 Å². The zero-order valence-corrected chi connectivity index (χ0v) is 16.4. The molecule has 1 fully saturated rings. The van der Waals surface area contributed by atoms with Gasteiger partial charge in [-0.25, -0.2) is 8.42 Å². The Morgan fingerprint density at radius 2 is 2.15 bits per heavy atom. The summed E-state index contributed by atoms with van der Waals surface area (Å²) in [7, 11) is -3.67. The van der Waals surface area contributed by atoms with Gasteiger partial charge in [0.05, 0.1) is 16.5 Å². The van der Waals surface area contributed by atoms with Crippen LogP contribution in [0.1, 0.15) is 36.8 Å². The van der Waals surface area contributed by atoms with Gasteiger partial charge in [-0.2, -0.15) is 9.57 Å². The molecule has 1 unspecified atom stereocenters. The van der Waals surface area contributed by atoms with Crippen LogP contribution in [-0.2, 0) is 14.8 Å². The highest BCUT2D eigenvalue weighted by Gasteiger charge is 2.33. The summed E-state index contributed by atoms with van der Waals surface area (Å²) < 4.78 is 27.5. The quantitative estimate of drug-likeness (QED) is 0.746. The molecule has 0 spiro atoms. The van der Waals surface area contributed by atoms with Gasteiger partial charge in [0.2, 0.25) is 15.9 Å². The first-order chi connectivity index (χ1) is 11.9. The van der Waals surface area contributed by atoms with E-state index in [2.05, 4.69) is 5.32 Å². The molecule has 1 saturated heterocycles. The molecule has 0 radical (unpaired) electrons. The Kier molecular flexibility index (Phi) is 8.50. The maximum Gasteiger partial charge on any atom is 0.243 e. The summed E-state index contributed by atoms with van der Waals surface area (Å²) in [6.45, 7) is 2.70. The van der Waals surface area contributed by atoms with Crippen molar-refractivity contribution in [1.29, 1.82) is 5.26 Å². The second-order valence-corrected chi connectivity index (χ2v) is 8.09. The molecule has 1 aromatic rings. The van der Waals surface area contributed by atoms with Crippen LogP contribution in [-0.4, -0.2) is 44.3 Å². The molecule has 1 aliphatic heterocycles. The van der Waals surface area contributed by atoms with E-state index in [1.807, 2.05) is 6.07 Å². The Labute approximate surface area is 161 Å². The number of aryl methyl sites for hydroxylation is 1. The van der Waals surface area contributed by atoms with E-state index in [-0.39, 0.29) is 48.8 Å². The highest BCUT2D eigenvalue weighted by molar-refractivity contribution is 7.89. The first-order valence-electron chi connectivity index (χ1n) is 8.39. The molecule has 1 heterocycles. The monoisotopic (exact) mass is 400 g/mol. The fraction of sp³-hybridized carbons (Fsp3) is 0.529. The van der Waals surface area contributed by atoms with E-state index in [0.717, 1.165) is 12.8 Å². The molecular weight excluding hydrogens is 376 g/mol. The molecule has 0 saturated carbocycles. The molecule has 0 aromatic heterocycles. The Hall–Kier alpha value is -1.66. The number of hydrogen-bond donors (Lipinski definition) is 2. The number of nitrogens with two attached hydrogens (primary N) is 1. The van der Waals surface area contributed by atoms with Gasteiger partial charge in [-0.3, -0.25) is 4.79 Å². The third kappa shape index (κ3) is 5.17. The normalized spacial score (nSPS) is 17.8. The molecule has 1 atom stereocenters. The Morgan fingerprint density at radius 3 is 2.77 bits per heavy atom. The summed E-state index contributed by atoms with van der Waals surface area (Å²) in [6.07, 6.45) is 2.66. The lowest BCUT2D eigenvalue weighted by molar-refractivity contribution is -0.121. The predicted molar refractivity (Wildman–Crippen MR) is 101 cm³/mol. The summed E-state index contributed by atoms with van der Waals surface area (Å²) in [5.41, 5.74) is 6.45. The number of hydrogen-bond acceptors (Lipinski definition) is 5. The molecule has 1 aliphatic rings. The number of rotatable bonds is 6. The SMILES string of the molecule is Cc1cc(S(=O)(=O)N2CCCCC2CNC(=O)CCN)ccc1C#N.Cl. The van der Waals surface area contributed by atoms with Gasteiger partial charge in [0.1, 0.15) is 0 Å². The minimum absolute atomic E-state index is 0. The second kappa shape index (κ2) is 9.88. The summed E-state index contributed by atoms with van der Waals surface area (Å²) in [6, 6.07) is 6.31. The third-order valence-corrected chi connectivity index (χ3v) is 6.35. The minimum atomic E-state index is -3.67. The fourth-order valence-corrected chi connectivity index (χ4v) is 4.78. The van der Waals surface area contributed by atoms with Crippen molar-refractivity contribution in [2.24, 2.45) is 5.73 Å². The number of nitrogens with zero attached hydrogens (tertiary/aromatic N) is 2. The number of benzene rings is 1. The molecule has 26 heavy (non-hydrogen) atoms. The van der Waals surface area contributed by atoms with Crippen molar-refractivity contribution in [1.82, 2.24) is 9.62 Å². The zero-order chi connectivity index (χ0) is 18.4. The highest BCUT2D eigenvalue weighted by Crippen LogP contribution is 2.26. The van der Waals surface area contributed by atoms with Crippen molar-refractivity contribution >= 4 is 28.3 Å². The molecule has 3 N–H and O–H groups in total. The Morgan fingerprint density at radius 1 is 1.42 bits per heavy atom. The molecule has 1 aromatic carbocycles. The molecular formula is C17H25ClN4O3S. The number of nitriles is 1. The lowest BCUT2D eigenvalue weighted by Crippen LogP contribution is -2.49. The average molecular weight is 401 g/mol. The lowest BCUT2D eigenvalue weighted by Gasteiger charge is -2.34. The summed E-state index contributed by atoms with van der Waals surface area (Å²) in [4.78, 5) is 11.8. The van der Waals surface area contributed by atoms with Crippen LogP contribution in [0, 0.1) is 18.3 Å². The number of amides is 1. The van der Waals surface area contributed by atoms with E-state index in [4.69, 9.17) is 11.0 Å². The van der Waals surface area contributed by atoms with Gasteiger partial charge in [-0.15, -0.1) is 12.4 Å². The number of sulfonamides is 1. The van der Waals surface area contributed by atoms with E-state index in [1.165, 1.54) is 22.5 Å². The first-order valence-corrected chi connectivity index (χ1v) is 9.83. The molecule has 7 nitrogen and oxygen atoms in total. The fourth-order valence-electron chi connectivity index (χ4n) is 3.00. The van der Waals surface area contributed by atoms with Gasteiger partial charge in [0, 0.05) is 32.1 Å². The maximum absolute atomic E-state index is 13.0. The largest absolute Gasteiger partial charge is 0.354 e. The van der Waals surface area contributed by atoms with Gasteiger partial charge in [-0.05, 0) is 43.5 Å². The summed E-state index contributed by atoms with van der Waals surface area (Å²) >= 11 is 0. The molecule has 0 bridgehead atoms. The minimum Gasteiger partial charge on any atom is -0.354 e. The average Bonchev–Trinajstić information content (AvgIpc) is 2.60. The van der Waals surface area contributed by atoms with Gasteiger partial charge in [0.25, 0.3) is 0 Å². The van der Waals surface area contributed by atoms with Crippen LogP contribution < -0.4 is 11.1 Å². The lowest BCUT2D eigenvalue weighted by atomic mass is 10.1. The van der Waals surface area contributed by atoms with Crippen LogP contribution in [0.15, 0.2) is 23.1 Å². The summed E-state index contributed by atoms with van der Waals surface area (Å²) in [5, 5.41) is 11.8. The number of carbonyl (C=O) groups excluding carboxylic acids is 1. The van der Waals surface area contributed by atoms with Gasteiger partial charge < -0.3 is 11.1 Å². The van der Waals surface area contributed by atoms with Crippen LogP contribution >= 0.6 is 12.4 Å². The molecule has 2 rings (SSSR count). The van der Waals surface area contributed by atoms with Crippen molar-refractivity contribution in [2.75, 3.05) is 19.6 Å². The van der Waals surface area contributed by atoms with Crippen molar-refractivity contribution < 1.29 is 13.2 Å². The van der Waals surface area contributed by atoms with Crippen molar-refractivity contribution in [3.63, 3.8) is 0 Å². The topological polar surface area (TPSA) is 116 Å². The van der Waals surface area contributed by atoms with E-state index in [9.17, 15) is 13.2 Å². The van der Waals surface area contributed by atoms with Crippen LogP contribution in [0.2, 0.25) is 0 Å². The molecule has 144 valence electrons. The third-order valence-electron chi connectivity index (χ3n) is 4.40. The number of piperidine rings is 1. The van der Waals surface area contributed by atoms with Crippen molar-refractivity contribution in [3.05, 3.63) is 29.3 Å². The van der Waals surface area contributed by atoms with E-state index < -0.39 is 10.0 Å². The standard InChI is InChI=1S/C17H24N4O3S.ClH/c1-13-10-16(6-5-14(13)11-19)25(23,24)21-9-3-2-4-15(21)12-20-17(22)7-8-18;/h5-6,10,15H,2-4,7-9,12,18H2,1H3,(H,20,22);1H. The van der Waals surface area contributed by atoms with Crippen molar-refractivity contribution in [3.8, 4) is 6.07 Å². The molecule has 9 heteroatoms. The van der Waals surface area contributed by atoms with Gasteiger partial charge >= 0.3 is 0 Å². The van der Waals surface area contributed by atoms with E-state index >= 15 is 0 Å². The van der Waals surface area contributed by atoms with Crippen molar-refractivity contribution in [2.45, 2.75) is 43.5 Å². The van der Waals surface area contributed by atoms with E-state index in [0.29, 0.717) is 24.1 Å². The van der Waals surface area contributed by atoms with Crippen LogP contribution in [0.25, 0.3) is 0 Å². The van der Waals surface area contributed by atoms with Gasteiger partial charge in [-0.1, -0.05) is 6.42 Å². The number of nitrogens with one attached hydrogen (secondary N) is 1. The zero-order valence-electron chi connectivity index (χ0n) is 14.8. The van der Waals surface area contributed by atoms with Gasteiger partial charge in [0.15, 0.2) is 0 Å². The molecule has 0 aliphatic carbocycles. The van der Waals surface area contributed by atoms with Crippen LogP contribution in [0.3, 0.4) is 0 Å².